The van der Waals surface area contributed by atoms with Crippen LogP contribution in [0.2, 0.25) is 0 Å². The van der Waals surface area contributed by atoms with Crippen molar-refractivity contribution in [3.8, 4) is 11.5 Å². The second-order valence-electron chi connectivity index (χ2n) is 11.6. The van der Waals surface area contributed by atoms with Crippen molar-refractivity contribution < 1.29 is 34.1 Å². The van der Waals surface area contributed by atoms with E-state index >= 15 is 0 Å². The lowest BCUT2D eigenvalue weighted by Gasteiger charge is -2.52. The van der Waals surface area contributed by atoms with Gasteiger partial charge in [0.05, 0.1) is 11.7 Å². The number of aromatic carboxylic acids is 1. The minimum Gasteiger partial charge on any atom is -0.478 e. The van der Waals surface area contributed by atoms with Gasteiger partial charge in [-0.3, -0.25) is 14.5 Å². The Hall–Kier alpha value is -3.18. The van der Waals surface area contributed by atoms with Crippen molar-refractivity contribution in [3.63, 3.8) is 0 Å². The van der Waals surface area contributed by atoms with Crippen molar-refractivity contribution in [2.75, 3.05) is 32.8 Å². The number of benzene rings is 2. The highest BCUT2D eigenvalue weighted by atomic mass is 35.5. The molecule has 3 saturated heterocycles. The standard InChI is InChI=1S/C32H41N3O7.ClH/c1-2-3-16-35-29(37)27(28(36)23-12-19-41-20-13-23)33-31(40)32(35)14-17-34(18-15-32)21-22-4-8-25(9-5-22)42-26-10-6-24(7-11-26)30(38)39;/h4-11,23,27-28,36H,2-3,12-21H2,1H3,(H,33,40)(H,38,39);1H/t27-,28-;/m1./s1. The molecule has 3 N–H and O–H groups in total. The average Bonchev–Trinajstić information content (AvgIpc) is 3.01. The summed E-state index contributed by atoms with van der Waals surface area (Å²) in [5.74, 6) is -0.139. The number of hydrogen-bond donors (Lipinski definition) is 3. The van der Waals surface area contributed by atoms with Gasteiger partial charge < -0.3 is 29.9 Å². The van der Waals surface area contributed by atoms with E-state index in [4.69, 9.17) is 14.6 Å². The van der Waals surface area contributed by atoms with Crippen LogP contribution < -0.4 is 10.1 Å². The summed E-state index contributed by atoms with van der Waals surface area (Å²) >= 11 is 0. The monoisotopic (exact) mass is 615 g/mol. The summed E-state index contributed by atoms with van der Waals surface area (Å²) in [4.78, 5) is 42.6. The Morgan fingerprint density at radius 2 is 1.65 bits per heavy atom. The number of carboxylic acids is 1. The number of nitrogens with one attached hydrogen (secondary N) is 1. The Morgan fingerprint density at radius 3 is 2.23 bits per heavy atom. The van der Waals surface area contributed by atoms with Crippen LogP contribution in [0.25, 0.3) is 0 Å². The Kier molecular flexibility index (Phi) is 11.1. The highest BCUT2D eigenvalue weighted by molar-refractivity contribution is 6.00. The van der Waals surface area contributed by atoms with E-state index in [2.05, 4.69) is 17.1 Å². The van der Waals surface area contributed by atoms with E-state index in [1.807, 2.05) is 24.3 Å². The van der Waals surface area contributed by atoms with E-state index in [0.29, 0.717) is 76.6 Å². The smallest absolute Gasteiger partial charge is 0.335 e. The van der Waals surface area contributed by atoms with E-state index in [1.165, 1.54) is 12.1 Å². The molecule has 2 aromatic rings. The first-order valence-corrected chi connectivity index (χ1v) is 15.0. The fourth-order valence-corrected chi connectivity index (χ4v) is 6.34. The second kappa shape index (κ2) is 14.5. The zero-order chi connectivity index (χ0) is 29.7. The maximum Gasteiger partial charge on any atom is 0.335 e. The van der Waals surface area contributed by atoms with Crippen LogP contribution in [-0.2, 0) is 20.9 Å². The Bertz CT molecular complexity index is 1240. The molecule has 3 fully saturated rings. The topological polar surface area (TPSA) is 129 Å². The van der Waals surface area contributed by atoms with Gasteiger partial charge in [-0.25, -0.2) is 4.79 Å². The van der Waals surface area contributed by atoms with Gasteiger partial charge in [-0.2, -0.15) is 0 Å². The van der Waals surface area contributed by atoms with Gasteiger partial charge in [-0.1, -0.05) is 25.5 Å². The zero-order valence-electron chi connectivity index (χ0n) is 24.6. The van der Waals surface area contributed by atoms with Crippen molar-refractivity contribution >= 4 is 30.2 Å². The molecule has 0 aliphatic carbocycles. The molecule has 10 nitrogen and oxygen atoms in total. The van der Waals surface area contributed by atoms with Gasteiger partial charge in [0.15, 0.2) is 0 Å². The van der Waals surface area contributed by atoms with Crippen LogP contribution in [0.15, 0.2) is 48.5 Å². The molecule has 234 valence electrons. The number of hydrogen-bond acceptors (Lipinski definition) is 7. The van der Waals surface area contributed by atoms with Gasteiger partial charge in [0.1, 0.15) is 23.1 Å². The van der Waals surface area contributed by atoms with Crippen molar-refractivity contribution in [2.24, 2.45) is 5.92 Å². The molecule has 2 amide bonds. The van der Waals surface area contributed by atoms with Crippen molar-refractivity contribution in [3.05, 3.63) is 59.7 Å². The van der Waals surface area contributed by atoms with E-state index in [-0.39, 0.29) is 35.7 Å². The molecule has 3 heterocycles. The lowest BCUT2D eigenvalue weighted by Crippen LogP contribution is -2.75. The first kappa shape index (κ1) is 32.7. The third kappa shape index (κ3) is 7.32. The summed E-state index contributed by atoms with van der Waals surface area (Å²) in [7, 11) is 0. The van der Waals surface area contributed by atoms with Gasteiger partial charge in [-0.15, -0.1) is 12.4 Å². The molecule has 43 heavy (non-hydrogen) atoms. The minimum atomic E-state index is -0.979. The highest BCUT2D eigenvalue weighted by Crippen LogP contribution is 2.36. The SMILES string of the molecule is CCCCN1C(=O)[C@@H]([C@H](O)C2CCOCC2)NC(=O)C12CCN(Cc1ccc(Oc3ccc(C(=O)O)cc3)cc1)CC2.Cl. The van der Waals surface area contributed by atoms with E-state index in [1.54, 1.807) is 17.0 Å². The molecule has 0 saturated carbocycles. The predicted octanol–water partition coefficient (Wildman–Crippen LogP) is 3.85. The number of amides is 2. The minimum absolute atomic E-state index is 0. The van der Waals surface area contributed by atoms with Crippen molar-refractivity contribution in [2.45, 2.75) is 69.7 Å². The second-order valence-corrected chi connectivity index (χ2v) is 11.6. The first-order valence-electron chi connectivity index (χ1n) is 15.0. The summed E-state index contributed by atoms with van der Waals surface area (Å²) in [6.07, 6.45) is 3.26. The van der Waals surface area contributed by atoms with Crippen LogP contribution in [0.5, 0.6) is 11.5 Å². The molecule has 11 heteroatoms. The van der Waals surface area contributed by atoms with Crippen LogP contribution in [0.1, 0.15) is 61.4 Å². The number of nitrogens with zero attached hydrogens (tertiary/aromatic N) is 2. The van der Waals surface area contributed by atoms with Crippen molar-refractivity contribution in [1.29, 1.82) is 0 Å². The Balaban J connectivity index is 0.00000423. The number of rotatable bonds is 10. The van der Waals surface area contributed by atoms with Crippen LogP contribution in [-0.4, -0.2) is 88.3 Å². The largest absolute Gasteiger partial charge is 0.478 e. The molecule has 0 radical (unpaired) electrons. The number of likely N-dealkylation sites (tertiary alicyclic amines) is 1. The number of carbonyl (C=O) groups excluding carboxylic acids is 2. The number of ether oxygens (including phenoxy) is 2. The maximum atomic E-state index is 13.8. The van der Waals surface area contributed by atoms with E-state index in [0.717, 1.165) is 18.4 Å². The number of piperazine rings is 1. The highest BCUT2D eigenvalue weighted by Gasteiger charge is 2.55. The van der Waals surface area contributed by atoms with Crippen LogP contribution in [0, 0.1) is 5.92 Å². The van der Waals surface area contributed by atoms with Gasteiger partial charge in [0.2, 0.25) is 11.8 Å². The van der Waals surface area contributed by atoms with Gasteiger partial charge in [0.25, 0.3) is 0 Å². The van der Waals surface area contributed by atoms with Crippen LogP contribution in [0.4, 0.5) is 0 Å². The number of aliphatic hydroxyl groups is 1. The fraction of sp³-hybridized carbons (Fsp3) is 0.531. The quantitative estimate of drug-likeness (QED) is 0.368. The molecular formula is C32H42ClN3O7. The first-order chi connectivity index (χ1) is 20.3. The molecule has 2 atom stereocenters. The Labute approximate surface area is 258 Å². The van der Waals surface area contributed by atoms with Crippen LogP contribution in [0.3, 0.4) is 0 Å². The van der Waals surface area contributed by atoms with E-state index in [9.17, 15) is 19.5 Å². The molecule has 0 aromatic heterocycles. The zero-order valence-corrected chi connectivity index (χ0v) is 25.4. The molecule has 1 spiro atoms. The van der Waals surface area contributed by atoms with Gasteiger partial charge in [-0.05, 0) is 80.0 Å². The van der Waals surface area contributed by atoms with Crippen LogP contribution >= 0.6 is 12.4 Å². The Morgan fingerprint density at radius 1 is 1.05 bits per heavy atom. The lowest BCUT2D eigenvalue weighted by molar-refractivity contribution is -0.166. The number of unbranched alkanes of at least 4 members (excludes halogenated alkanes) is 1. The lowest BCUT2D eigenvalue weighted by atomic mass is 9.79. The van der Waals surface area contributed by atoms with Gasteiger partial charge in [0, 0.05) is 39.4 Å². The summed E-state index contributed by atoms with van der Waals surface area (Å²) < 4.78 is 11.3. The molecule has 5 rings (SSSR count). The molecule has 3 aliphatic rings. The van der Waals surface area contributed by atoms with E-state index < -0.39 is 23.7 Å². The molecule has 0 unspecified atom stereocenters. The normalized spacial score (nSPS) is 21.6. The third-order valence-electron chi connectivity index (χ3n) is 8.93. The van der Waals surface area contributed by atoms with Gasteiger partial charge >= 0.3 is 5.97 Å². The molecule has 3 aliphatic heterocycles. The molecular weight excluding hydrogens is 574 g/mol. The van der Waals surface area contributed by atoms with Crippen molar-refractivity contribution in [1.82, 2.24) is 15.1 Å². The number of carbonyl (C=O) groups is 3. The number of piperidine rings is 1. The third-order valence-corrected chi connectivity index (χ3v) is 8.93. The number of aliphatic hydroxyl groups excluding tert-OH is 1. The molecule has 2 aromatic carbocycles. The number of halogens is 1. The summed E-state index contributed by atoms with van der Waals surface area (Å²) in [5, 5.41) is 23.1. The summed E-state index contributed by atoms with van der Waals surface area (Å²) in [5.41, 5.74) is 0.422. The average molecular weight is 616 g/mol. The summed E-state index contributed by atoms with van der Waals surface area (Å²) in [6, 6.07) is 13.1. The number of carboxylic acid groups (broad SMARTS) is 1. The maximum absolute atomic E-state index is 13.8. The summed E-state index contributed by atoms with van der Waals surface area (Å²) in [6.45, 7) is 5.76. The molecule has 0 bridgehead atoms. The fourth-order valence-electron chi connectivity index (χ4n) is 6.34. The predicted molar refractivity (Wildman–Crippen MR) is 163 cm³/mol.